The number of amides is 1. The number of nitro groups is 1. The highest BCUT2D eigenvalue weighted by molar-refractivity contribution is 5.97. The van der Waals surface area contributed by atoms with Gasteiger partial charge in [0, 0.05) is 17.7 Å². The molecule has 0 fully saturated rings. The first-order valence-corrected chi connectivity index (χ1v) is 7.52. The number of hydrogen-bond acceptors (Lipinski definition) is 8. The summed E-state index contributed by atoms with van der Waals surface area (Å²) in [4.78, 5) is 22.5. The van der Waals surface area contributed by atoms with Gasteiger partial charge < -0.3 is 19.3 Å². The fourth-order valence-corrected chi connectivity index (χ4v) is 2.19. The number of nitro benzene ring substituents is 1. The van der Waals surface area contributed by atoms with E-state index in [4.69, 9.17) is 14.2 Å². The van der Waals surface area contributed by atoms with Crippen molar-refractivity contribution in [2.45, 2.75) is 0 Å². The molecule has 27 heavy (non-hydrogen) atoms. The second-order valence-corrected chi connectivity index (χ2v) is 5.11. The maximum Gasteiger partial charge on any atom is 0.315 e. The molecule has 2 aromatic carbocycles. The van der Waals surface area contributed by atoms with E-state index in [9.17, 15) is 20.0 Å². The Balaban J connectivity index is 2.21. The van der Waals surface area contributed by atoms with Crippen molar-refractivity contribution >= 4 is 17.8 Å². The summed E-state index contributed by atoms with van der Waals surface area (Å²) in [5.41, 5.74) is 2.23. The van der Waals surface area contributed by atoms with Crippen molar-refractivity contribution < 1.29 is 29.0 Å². The highest BCUT2D eigenvalue weighted by Crippen LogP contribution is 2.36. The van der Waals surface area contributed by atoms with Crippen molar-refractivity contribution in [1.29, 1.82) is 0 Å². The molecule has 0 saturated carbocycles. The van der Waals surface area contributed by atoms with Crippen LogP contribution in [0.2, 0.25) is 0 Å². The predicted molar refractivity (Wildman–Crippen MR) is 95.9 cm³/mol. The highest BCUT2D eigenvalue weighted by atomic mass is 16.6. The molecule has 0 radical (unpaired) electrons. The summed E-state index contributed by atoms with van der Waals surface area (Å²) in [6.45, 7) is 0. The van der Waals surface area contributed by atoms with Crippen molar-refractivity contribution in [2.24, 2.45) is 5.10 Å². The molecular weight excluding hydrogens is 358 g/mol. The van der Waals surface area contributed by atoms with Crippen LogP contribution in [0.3, 0.4) is 0 Å². The number of carbonyl (C=O) groups is 1. The molecule has 142 valence electrons. The Morgan fingerprint density at radius 1 is 1.15 bits per heavy atom. The summed E-state index contributed by atoms with van der Waals surface area (Å²) in [6, 6.07) is 7.09. The second kappa shape index (κ2) is 8.52. The van der Waals surface area contributed by atoms with Gasteiger partial charge in [-0.25, -0.2) is 5.43 Å². The van der Waals surface area contributed by atoms with E-state index in [1.807, 2.05) is 0 Å². The lowest BCUT2D eigenvalue weighted by Crippen LogP contribution is -2.18. The third-order valence-corrected chi connectivity index (χ3v) is 3.53. The van der Waals surface area contributed by atoms with Crippen LogP contribution in [0.25, 0.3) is 0 Å². The minimum absolute atomic E-state index is 0.0891. The van der Waals surface area contributed by atoms with E-state index in [2.05, 4.69) is 10.5 Å². The first-order chi connectivity index (χ1) is 12.9. The van der Waals surface area contributed by atoms with Crippen LogP contribution in [-0.4, -0.2) is 43.5 Å². The van der Waals surface area contributed by atoms with E-state index in [-0.39, 0.29) is 16.9 Å². The van der Waals surface area contributed by atoms with Crippen molar-refractivity contribution in [3.8, 4) is 23.0 Å². The Hall–Kier alpha value is -3.82. The predicted octanol–water partition coefficient (Wildman–Crippen LogP) is 2.09. The van der Waals surface area contributed by atoms with E-state index in [1.165, 1.54) is 39.7 Å². The summed E-state index contributed by atoms with van der Waals surface area (Å²) in [5.74, 6) is -0.411. The SMILES string of the molecule is COc1ccc(C(=O)N/N=C\c2cc(OC)c(O)c([N+](=O)[O-])c2)c(OC)c1. The number of hydrogen-bond donors (Lipinski definition) is 2. The number of nitrogens with zero attached hydrogens (tertiary/aromatic N) is 2. The molecule has 0 saturated heterocycles. The number of phenolic OH excluding ortho intramolecular Hbond substituents is 1. The Labute approximate surface area is 154 Å². The number of rotatable bonds is 7. The number of nitrogens with one attached hydrogen (secondary N) is 1. The van der Waals surface area contributed by atoms with Gasteiger partial charge in [0.2, 0.25) is 5.75 Å². The summed E-state index contributed by atoms with van der Waals surface area (Å²) < 4.78 is 15.1. The van der Waals surface area contributed by atoms with Crippen molar-refractivity contribution in [2.75, 3.05) is 21.3 Å². The smallest absolute Gasteiger partial charge is 0.315 e. The van der Waals surface area contributed by atoms with Gasteiger partial charge in [-0.2, -0.15) is 5.10 Å². The molecule has 1 amide bonds. The summed E-state index contributed by atoms with van der Waals surface area (Å²) in [6.07, 6.45) is 1.18. The summed E-state index contributed by atoms with van der Waals surface area (Å²) >= 11 is 0. The molecule has 0 aliphatic rings. The Morgan fingerprint density at radius 2 is 1.85 bits per heavy atom. The Morgan fingerprint density at radius 3 is 2.44 bits per heavy atom. The maximum absolute atomic E-state index is 12.2. The van der Waals surface area contributed by atoms with Gasteiger partial charge in [-0.05, 0) is 18.2 Å². The zero-order chi connectivity index (χ0) is 20.0. The maximum atomic E-state index is 12.2. The van der Waals surface area contributed by atoms with Gasteiger partial charge in [0.05, 0.1) is 38.0 Å². The normalized spacial score (nSPS) is 10.5. The topological polar surface area (TPSA) is 133 Å². The lowest BCUT2D eigenvalue weighted by Gasteiger charge is -2.09. The molecule has 0 heterocycles. The van der Waals surface area contributed by atoms with Crippen LogP contribution in [0.5, 0.6) is 23.0 Å². The average molecular weight is 375 g/mol. The number of aromatic hydroxyl groups is 1. The van der Waals surface area contributed by atoms with Crippen LogP contribution >= 0.6 is 0 Å². The minimum Gasteiger partial charge on any atom is -0.500 e. The standard InChI is InChI=1S/C17H17N3O7/c1-25-11-4-5-12(14(8-11)26-2)17(22)19-18-9-10-6-13(20(23)24)16(21)15(7-10)27-3/h4-9,21H,1-3H3,(H,19,22)/b18-9-. The number of carbonyl (C=O) groups excluding carboxylic acids is 1. The number of phenols is 1. The molecule has 0 bridgehead atoms. The van der Waals surface area contributed by atoms with Crippen LogP contribution in [0, 0.1) is 10.1 Å². The van der Waals surface area contributed by atoms with Gasteiger partial charge >= 0.3 is 5.69 Å². The highest BCUT2D eigenvalue weighted by Gasteiger charge is 2.19. The van der Waals surface area contributed by atoms with E-state index >= 15 is 0 Å². The van der Waals surface area contributed by atoms with Crippen LogP contribution in [0.15, 0.2) is 35.4 Å². The first-order valence-electron chi connectivity index (χ1n) is 7.52. The lowest BCUT2D eigenvalue weighted by atomic mass is 10.2. The van der Waals surface area contributed by atoms with E-state index in [0.717, 1.165) is 6.07 Å². The number of methoxy groups -OCH3 is 3. The van der Waals surface area contributed by atoms with E-state index < -0.39 is 22.3 Å². The fourth-order valence-electron chi connectivity index (χ4n) is 2.19. The van der Waals surface area contributed by atoms with Crippen molar-refractivity contribution in [1.82, 2.24) is 5.43 Å². The van der Waals surface area contributed by atoms with Gasteiger partial charge in [0.15, 0.2) is 5.75 Å². The molecule has 0 aromatic heterocycles. The average Bonchev–Trinajstić information content (AvgIpc) is 2.67. The summed E-state index contributed by atoms with van der Waals surface area (Å²) in [5, 5.41) is 24.5. The zero-order valence-corrected chi connectivity index (χ0v) is 14.8. The van der Waals surface area contributed by atoms with E-state index in [1.54, 1.807) is 12.1 Å². The molecule has 10 heteroatoms. The third kappa shape index (κ3) is 4.42. The molecular formula is C17H17N3O7. The van der Waals surface area contributed by atoms with Gasteiger partial charge in [0.1, 0.15) is 11.5 Å². The molecule has 2 N–H and O–H groups in total. The van der Waals surface area contributed by atoms with Gasteiger partial charge in [-0.3, -0.25) is 14.9 Å². The minimum atomic E-state index is -0.754. The molecule has 2 rings (SSSR count). The zero-order valence-electron chi connectivity index (χ0n) is 14.8. The van der Waals surface area contributed by atoms with Crippen molar-refractivity contribution in [3.63, 3.8) is 0 Å². The van der Waals surface area contributed by atoms with Gasteiger partial charge in [0.25, 0.3) is 5.91 Å². The van der Waals surface area contributed by atoms with E-state index in [0.29, 0.717) is 11.5 Å². The monoisotopic (exact) mass is 375 g/mol. The molecule has 10 nitrogen and oxygen atoms in total. The molecule has 0 aliphatic heterocycles. The molecule has 0 aliphatic carbocycles. The van der Waals surface area contributed by atoms with Crippen LogP contribution < -0.4 is 19.6 Å². The first kappa shape index (κ1) is 19.5. The third-order valence-electron chi connectivity index (χ3n) is 3.53. The quantitative estimate of drug-likeness (QED) is 0.430. The Kier molecular flexibility index (Phi) is 6.15. The number of benzene rings is 2. The summed E-state index contributed by atoms with van der Waals surface area (Å²) in [7, 11) is 4.16. The molecule has 0 unspecified atom stereocenters. The number of ether oxygens (including phenoxy) is 3. The lowest BCUT2D eigenvalue weighted by molar-refractivity contribution is -0.386. The van der Waals surface area contributed by atoms with Gasteiger partial charge in [-0.15, -0.1) is 0 Å². The second-order valence-electron chi connectivity index (χ2n) is 5.11. The number of hydrazone groups is 1. The van der Waals surface area contributed by atoms with Crippen molar-refractivity contribution in [3.05, 3.63) is 51.6 Å². The van der Waals surface area contributed by atoms with Crippen LogP contribution in [0.1, 0.15) is 15.9 Å². The fraction of sp³-hybridized carbons (Fsp3) is 0.176. The molecule has 0 atom stereocenters. The molecule has 0 spiro atoms. The van der Waals surface area contributed by atoms with Gasteiger partial charge in [-0.1, -0.05) is 0 Å². The molecule has 2 aromatic rings. The van der Waals surface area contributed by atoms with Crippen LogP contribution in [0.4, 0.5) is 5.69 Å². The van der Waals surface area contributed by atoms with Crippen LogP contribution in [-0.2, 0) is 0 Å². The Bertz CT molecular complexity index is 896. The largest absolute Gasteiger partial charge is 0.500 e.